The molecule has 0 aromatic heterocycles. The molecule has 0 amide bonds. The molecule has 0 unspecified atom stereocenters. The summed E-state index contributed by atoms with van der Waals surface area (Å²) in [6.45, 7) is 0. The molecule has 1 aliphatic heterocycles. The van der Waals surface area contributed by atoms with E-state index < -0.39 is 0 Å². The van der Waals surface area contributed by atoms with Crippen LogP contribution in [0.15, 0.2) is 24.3 Å². The largest absolute Gasteiger partial charge is 0.319 e. The summed E-state index contributed by atoms with van der Waals surface area (Å²) in [7, 11) is 2.11. The molecule has 2 heteroatoms. The number of fused-ring (bicyclic) bond motifs is 1. The van der Waals surface area contributed by atoms with Gasteiger partial charge in [-0.3, -0.25) is 0 Å². The Labute approximate surface area is 65.2 Å². The molecule has 1 nitrogen and oxygen atoms in total. The minimum atomic E-state index is 1.13. The van der Waals surface area contributed by atoms with Crippen LogP contribution in [0.3, 0.4) is 0 Å². The first-order chi connectivity index (χ1) is 4.88. The Kier molecular flexibility index (Phi) is 1.34. The minimum Gasteiger partial charge on any atom is -0.319 e. The molecule has 0 fully saturated rings. The molecule has 1 heterocycles. The van der Waals surface area contributed by atoms with Crippen molar-refractivity contribution in [2.45, 2.75) is 5.75 Å². The monoisotopic (exact) mass is 151 g/mol. The van der Waals surface area contributed by atoms with Gasteiger partial charge < -0.3 is 4.31 Å². The average molecular weight is 151 g/mol. The summed E-state index contributed by atoms with van der Waals surface area (Å²) in [6, 6.07) is 8.53. The number of benzene rings is 1. The summed E-state index contributed by atoms with van der Waals surface area (Å²) in [5.41, 5.74) is 2.82. The van der Waals surface area contributed by atoms with Crippen LogP contribution >= 0.6 is 11.9 Å². The normalized spacial score (nSPS) is 15.5. The zero-order valence-electron chi connectivity index (χ0n) is 5.87. The molecule has 1 aromatic rings. The molecule has 10 heavy (non-hydrogen) atoms. The van der Waals surface area contributed by atoms with Crippen molar-refractivity contribution in [2.75, 3.05) is 11.4 Å². The van der Waals surface area contributed by atoms with E-state index in [1.807, 2.05) is 11.9 Å². The summed E-state index contributed by atoms with van der Waals surface area (Å²) < 4.78 is 2.22. The predicted octanol–water partition coefficient (Wildman–Crippen LogP) is 2.28. The second kappa shape index (κ2) is 2.20. The van der Waals surface area contributed by atoms with Gasteiger partial charge in [-0.2, -0.15) is 0 Å². The molecule has 0 atom stereocenters. The summed E-state index contributed by atoms with van der Waals surface area (Å²) >= 11 is 1.86. The molecule has 1 aliphatic rings. The third-order valence-electron chi connectivity index (χ3n) is 1.74. The Hall–Kier alpha value is -0.630. The Morgan fingerprint density at radius 3 is 3.00 bits per heavy atom. The highest BCUT2D eigenvalue weighted by atomic mass is 32.2. The second-order valence-corrected chi connectivity index (χ2v) is 3.49. The Morgan fingerprint density at radius 2 is 2.20 bits per heavy atom. The van der Waals surface area contributed by atoms with E-state index >= 15 is 0 Å². The summed E-state index contributed by atoms with van der Waals surface area (Å²) in [5.74, 6) is 1.13. The van der Waals surface area contributed by atoms with Gasteiger partial charge in [0.05, 0.1) is 5.69 Å². The molecule has 0 saturated carbocycles. The maximum Gasteiger partial charge on any atom is 0.0507 e. The maximum atomic E-state index is 2.22. The van der Waals surface area contributed by atoms with Crippen molar-refractivity contribution in [2.24, 2.45) is 0 Å². The van der Waals surface area contributed by atoms with Gasteiger partial charge in [0.2, 0.25) is 0 Å². The summed E-state index contributed by atoms with van der Waals surface area (Å²) in [5, 5.41) is 0. The molecule has 1 aromatic carbocycles. The Bertz CT molecular complexity index is 247. The van der Waals surface area contributed by atoms with Crippen LogP contribution < -0.4 is 4.31 Å². The van der Waals surface area contributed by atoms with Crippen LogP contribution in [0.5, 0.6) is 0 Å². The standard InChI is InChI=1S/C8H9NS/c1-9-8-5-3-2-4-7(8)6-10-9/h2-5H,6H2,1H3. The predicted molar refractivity (Wildman–Crippen MR) is 46.1 cm³/mol. The molecule has 0 radical (unpaired) electrons. The van der Waals surface area contributed by atoms with Crippen LogP contribution in [0, 0.1) is 0 Å². The van der Waals surface area contributed by atoms with Gasteiger partial charge in [0, 0.05) is 12.8 Å². The zero-order valence-corrected chi connectivity index (χ0v) is 6.69. The molecule has 0 spiro atoms. The van der Waals surface area contributed by atoms with Crippen LogP contribution in [0.4, 0.5) is 5.69 Å². The zero-order chi connectivity index (χ0) is 6.97. The highest BCUT2D eigenvalue weighted by Crippen LogP contribution is 2.35. The van der Waals surface area contributed by atoms with E-state index in [0.717, 1.165) is 5.75 Å². The van der Waals surface area contributed by atoms with Crippen LogP contribution in [-0.2, 0) is 5.75 Å². The van der Waals surface area contributed by atoms with E-state index in [0.29, 0.717) is 0 Å². The number of rotatable bonds is 0. The van der Waals surface area contributed by atoms with Crippen LogP contribution in [0.1, 0.15) is 5.56 Å². The van der Waals surface area contributed by atoms with Gasteiger partial charge in [-0.15, -0.1) is 0 Å². The maximum absolute atomic E-state index is 2.22. The first-order valence-corrected chi connectivity index (χ1v) is 4.27. The van der Waals surface area contributed by atoms with Gasteiger partial charge in [0.25, 0.3) is 0 Å². The minimum absolute atomic E-state index is 1.13. The van der Waals surface area contributed by atoms with E-state index in [-0.39, 0.29) is 0 Å². The fourth-order valence-electron chi connectivity index (χ4n) is 1.18. The Morgan fingerprint density at radius 1 is 1.40 bits per heavy atom. The van der Waals surface area contributed by atoms with Gasteiger partial charge in [-0.25, -0.2) is 0 Å². The summed E-state index contributed by atoms with van der Waals surface area (Å²) in [4.78, 5) is 0. The van der Waals surface area contributed by atoms with Crippen molar-refractivity contribution in [1.29, 1.82) is 0 Å². The number of para-hydroxylation sites is 1. The lowest BCUT2D eigenvalue weighted by Crippen LogP contribution is -1.99. The lowest BCUT2D eigenvalue weighted by Gasteiger charge is -2.08. The van der Waals surface area contributed by atoms with Gasteiger partial charge in [0.1, 0.15) is 0 Å². The quantitative estimate of drug-likeness (QED) is 0.523. The SMILES string of the molecule is CN1SCc2ccccc21. The second-order valence-electron chi connectivity index (χ2n) is 2.40. The third-order valence-corrected chi connectivity index (χ3v) is 2.77. The smallest absolute Gasteiger partial charge is 0.0507 e. The van der Waals surface area contributed by atoms with Crippen molar-refractivity contribution in [3.05, 3.63) is 29.8 Å². The average Bonchev–Trinajstić information content (AvgIpc) is 2.34. The fourth-order valence-corrected chi connectivity index (χ4v) is 2.07. The molecule has 0 saturated heterocycles. The molecule has 2 rings (SSSR count). The fraction of sp³-hybridized carbons (Fsp3) is 0.250. The van der Waals surface area contributed by atoms with Crippen molar-refractivity contribution < 1.29 is 0 Å². The van der Waals surface area contributed by atoms with Crippen molar-refractivity contribution >= 4 is 17.6 Å². The third kappa shape index (κ3) is 0.797. The van der Waals surface area contributed by atoms with Gasteiger partial charge >= 0.3 is 0 Å². The lowest BCUT2D eigenvalue weighted by atomic mass is 10.2. The van der Waals surface area contributed by atoms with Crippen LogP contribution in [-0.4, -0.2) is 7.05 Å². The van der Waals surface area contributed by atoms with Crippen molar-refractivity contribution in [3.63, 3.8) is 0 Å². The molecule has 0 N–H and O–H groups in total. The number of hydrogen-bond acceptors (Lipinski definition) is 2. The molecular formula is C8H9NS. The molecule has 0 aliphatic carbocycles. The van der Waals surface area contributed by atoms with E-state index in [1.165, 1.54) is 11.3 Å². The highest BCUT2D eigenvalue weighted by Gasteiger charge is 2.14. The van der Waals surface area contributed by atoms with Crippen LogP contribution in [0.25, 0.3) is 0 Å². The highest BCUT2D eigenvalue weighted by molar-refractivity contribution is 8.00. The first-order valence-electron chi connectivity index (χ1n) is 3.32. The van der Waals surface area contributed by atoms with Crippen molar-refractivity contribution in [1.82, 2.24) is 0 Å². The van der Waals surface area contributed by atoms with E-state index in [4.69, 9.17) is 0 Å². The van der Waals surface area contributed by atoms with E-state index in [1.54, 1.807) is 0 Å². The van der Waals surface area contributed by atoms with Crippen LogP contribution in [0.2, 0.25) is 0 Å². The topological polar surface area (TPSA) is 3.24 Å². The molecule has 0 bridgehead atoms. The van der Waals surface area contributed by atoms with Crippen molar-refractivity contribution in [3.8, 4) is 0 Å². The van der Waals surface area contributed by atoms with E-state index in [9.17, 15) is 0 Å². The Balaban J connectivity index is 2.51. The summed E-state index contributed by atoms with van der Waals surface area (Å²) in [6.07, 6.45) is 0. The van der Waals surface area contributed by atoms with Gasteiger partial charge in [0.15, 0.2) is 0 Å². The van der Waals surface area contributed by atoms with Gasteiger partial charge in [-0.1, -0.05) is 18.2 Å². The van der Waals surface area contributed by atoms with E-state index in [2.05, 4.69) is 35.6 Å². The van der Waals surface area contributed by atoms with Gasteiger partial charge in [-0.05, 0) is 23.6 Å². The molecular weight excluding hydrogens is 142 g/mol. The number of nitrogens with zero attached hydrogens (tertiary/aromatic N) is 1. The molecule has 52 valence electrons. The lowest BCUT2D eigenvalue weighted by molar-refractivity contribution is 1.36. The first kappa shape index (κ1) is 6.10. The number of hydrogen-bond donors (Lipinski definition) is 0. The number of anilines is 1.